The summed E-state index contributed by atoms with van der Waals surface area (Å²) in [5.41, 5.74) is 2.54. The quantitative estimate of drug-likeness (QED) is 0.734. The topological polar surface area (TPSA) is 3.24 Å². The van der Waals surface area contributed by atoms with Crippen molar-refractivity contribution in [2.24, 2.45) is 0 Å². The molecular formula is C11H14F3N. The van der Waals surface area contributed by atoms with E-state index in [1.54, 1.807) is 6.07 Å². The van der Waals surface area contributed by atoms with Gasteiger partial charge in [-0.2, -0.15) is 13.2 Å². The van der Waals surface area contributed by atoms with Crippen molar-refractivity contribution in [2.45, 2.75) is 20.0 Å². The summed E-state index contributed by atoms with van der Waals surface area (Å²) in [5, 5.41) is 0. The average molecular weight is 217 g/mol. The Balaban J connectivity index is 2.87. The number of benzene rings is 1. The van der Waals surface area contributed by atoms with Crippen LogP contribution in [0.5, 0.6) is 0 Å². The van der Waals surface area contributed by atoms with Gasteiger partial charge in [-0.25, -0.2) is 0 Å². The minimum atomic E-state index is -4.16. The SMILES string of the molecule is Cc1ccc(N(C)CC(F)(F)F)c(C)c1. The smallest absolute Gasteiger partial charge is 0.366 e. The maximum absolute atomic E-state index is 12.2. The van der Waals surface area contributed by atoms with Crippen LogP contribution >= 0.6 is 0 Å². The third-order valence-corrected chi connectivity index (χ3v) is 2.18. The van der Waals surface area contributed by atoms with E-state index < -0.39 is 12.7 Å². The minimum absolute atomic E-state index is 0.623. The first-order valence-electron chi connectivity index (χ1n) is 4.65. The Kier molecular flexibility index (Phi) is 3.27. The Labute approximate surface area is 87.5 Å². The predicted molar refractivity (Wildman–Crippen MR) is 55.2 cm³/mol. The molecule has 0 N–H and O–H groups in total. The number of aryl methyl sites for hydroxylation is 2. The second kappa shape index (κ2) is 4.13. The van der Waals surface area contributed by atoms with Crippen LogP contribution in [0.2, 0.25) is 0 Å². The van der Waals surface area contributed by atoms with Crippen molar-refractivity contribution in [3.63, 3.8) is 0 Å². The molecule has 15 heavy (non-hydrogen) atoms. The van der Waals surface area contributed by atoms with Gasteiger partial charge >= 0.3 is 6.18 Å². The van der Waals surface area contributed by atoms with Gasteiger partial charge in [-0.1, -0.05) is 17.7 Å². The second-order valence-electron chi connectivity index (χ2n) is 3.76. The molecule has 0 aromatic heterocycles. The maximum atomic E-state index is 12.2. The molecule has 84 valence electrons. The first kappa shape index (κ1) is 11.9. The number of rotatable bonds is 2. The molecule has 1 aromatic carbocycles. The molecule has 0 saturated heterocycles. The highest BCUT2D eigenvalue weighted by Crippen LogP contribution is 2.24. The second-order valence-corrected chi connectivity index (χ2v) is 3.76. The predicted octanol–water partition coefficient (Wildman–Crippen LogP) is 3.30. The van der Waals surface area contributed by atoms with Gasteiger partial charge < -0.3 is 4.90 Å². The summed E-state index contributed by atoms with van der Waals surface area (Å²) in [6.07, 6.45) is -4.16. The highest BCUT2D eigenvalue weighted by atomic mass is 19.4. The van der Waals surface area contributed by atoms with Crippen molar-refractivity contribution in [2.75, 3.05) is 18.5 Å². The van der Waals surface area contributed by atoms with E-state index in [0.29, 0.717) is 5.69 Å². The molecule has 0 aliphatic rings. The third-order valence-electron chi connectivity index (χ3n) is 2.18. The van der Waals surface area contributed by atoms with Gasteiger partial charge in [-0.15, -0.1) is 0 Å². The Hall–Kier alpha value is -1.19. The Morgan fingerprint density at radius 2 is 1.80 bits per heavy atom. The molecule has 1 rings (SSSR count). The van der Waals surface area contributed by atoms with Crippen LogP contribution in [0.25, 0.3) is 0 Å². The fourth-order valence-electron chi connectivity index (χ4n) is 1.59. The van der Waals surface area contributed by atoms with Crippen molar-refractivity contribution in [3.8, 4) is 0 Å². The van der Waals surface area contributed by atoms with Crippen LogP contribution in [-0.2, 0) is 0 Å². The summed E-state index contributed by atoms with van der Waals surface area (Å²) in [5.74, 6) is 0. The zero-order valence-corrected chi connectivity index (χ0v) is 9.02. The summed E-state index contributed by atoms with van der Waals surface area (Å²) in [7, 11) is 1.45. The lowest BCUT2D eigenvalue weighted by Crippen LogP contribution is -2.31. The van der Waals surface area contributed by atoms with Crippen LogP contribution in [0.15, 0.2) is 18.2 Å². The molecule has 0 bridgehead atoms. The zero-order chi connectivity index (χ0) is 11.6. The molecule has 1 aromatic rings. The fraction of sp³-hybridized carbons (Fsp3) is 0.455. The normalized spacial score (nSPS) is 11.6. The first-order chi connectivity index (χ1) is 6.79. The third kappa shape index (κ3) is 3.46. The lowest BCUT2D eigenvalue weighted by atomic mass is 10.1. The van der Waals surface area contributed by atoms with Gasteiger partial charge in [0.15, 0.2) is 0 Å². The molecule has 0 aliphatic heterocycles. The molecule has 1 nitrogen and oxygen atoms in total. The molecule has 0 amide bonds. The Morgan fingerprint density at radius 1 is 1.20 bits per heavy atom. The van der Waals surface area contributed by atoms with E-state index in [0.717, 1.165) is 11.1 Å². The van der Waals surface area contributed by atoms with Crippen LogP contribution < -0.4 is 4.90 Å². The van der Waals surface area contributed by atoms with Crippen molar-refractivity contribution in [1.82, 2.24) is 0 Å². The first-order valence-corrected chi connectivity index (χ1v) is 4.65. The standard InChI is InChI=1S/C11H14F3N/c1-8-4-5-10(9(2)6-8)15(3)7-11(12,13)14/h4-6H,7H2,1-3H3. The number of hydrogen-bond acceptors (Lipinski definition) is 1. The number of anilines is 1. The highest BCUT2D eigenvalue weighted by Gasteiger charge is 2.29. The number of hydrogen-bond donors (Lipinski definition) is 0. The molecule has 0 atom stereocenters. The molecule has 0 radical (unpaired) electrons. The lowest BCUT2D eigenvalue weighted by Gasteiger charge is -2.22. The lowest BCUT2D eigenvalue weighted by molar-refractivity contribution is -0.119. The van der Waals surface area contributed by atoms with Gasteiger partial charge in [0.25, 0.3) is 0 Å². The van der Waals surface area contributed by atoms with Crippen LogP contribution in [0, 0.1) is 13.8 Å². The van der Waals surface area contributed by atoms with Crippen LogP contribution in [0.1, 0.15) is 11.1 Å². The van der Waals surface area contributed by atoms with Gasteiger partial charge in [-0.05, 0) is 25.5 Å². The number of alkyl halides is 3. The van der Waals surface area contributed by atoms with Gasteiger partial charge in [0.1, 0.15) is 6.54 Å². The number of nitrogens with zero attached hydrogens (tertiary/aromatic N) is 1. The van der Waals surface area contributed by atoms with Gasteiger partial charge in [0, 0.05) is 12.7 Å². The molecule has 0 aliphatic carbocycles. The van der Waals surface area contributed by atoms with Gasteiger partial charge in [0.05, 0.1) is 0 Å². The molecule has 0 unspecified atom stereocenters. The molecule has 4 heteroatoms. The summed E-state index contributed by atoms with van der Waals surface area (Å²) in [6, 6.07) is 5.41. The Bertz CT molecular complexity index is 344. The highest BCUT2D eigenvalue weighted by molar-refractivity contribution is 5.53. The molecule has 0 fully saturated rings. The average Bonchev–Trinajstić information content (AvgIpc) is 1.99. The van der Waals surface area contributed by atoms with Crippen molar-refractivity contribution >= 4 is 5.69 Å². The number of halogens is 3. The summed E-state index contributed by atoms with van der Waals surface area (Å²) >= 11 is 0. The van der Waals surface area contributed by atoms with Crippen LogP contribution in [0.3, 0.4) is 0 Å². The van der Waals surface area contributed by atoms with E-state index in [1.165, 1.54) is 11.9 Å². The van der Waals surface area contributed by atoms with E-state index in [-0.39, 0.29) is 0 Å². The van der Waals surface area contributed by atoms with E-state index in [9.17, 15) is 13.2 Å². The van der Waals surface area contributed by atoms with Crippen molar-refractivity contribution in [3.05, 3.63) is 29.3 Å². The molecule has 0 saturated carbocycles. The van der Waals surface area contributed by atoms with Crippen LogP contribution in [-0.4, -0.2) is 19.8 Å². The van der Waals surface area contributed by atoms with E-state index in [2.05, 4.69) is 0 Å². The maximum Gasteiger partial charge on any atom is 0.405 e. The largest absolute Gasteiger partial charge is 0.405 e. The minimum Gasteiger partial charge on any atom is -0.366 e. The fourth-order valence-corrected chi connectivity index (χ4v) is 1.59. The van der Waals surface area contributed by atoms with E-state index in [1.807, 2.05) is 26.0 Å². The van der Waals surface area contributed by atoms with Gasteiger partial charge in [0.2, 0.25) is 0 Å². The van der Waals surface area contributed by atoms with E-state index in [4.69, 9.17) is 0 Å². The van der Waals surface area contributed by atoms with E-state index >= 15 is 0 Å². The molecule has 0 heterocycles. The monoisotopic (exact) mass is 217 g/mol. The zero-order valence-electron chi connectivity index (χ0n) is 9.02. The molecular weight excluding hydrogens is 203 g/mol. The molecule has 0 spiro atoms. The summed E-state index contributed by atoms with van der Waals surface area (Å²) < 4.78 is 36.5. The van der Waals surface area contributed by atoms with Gasteiger partial charge in [-0.3, -0.25) is 0 Å². The Morgan fingerprint density at radius 3 is 2.27 bits per heavy atom. The summed E-state index contributed by atoms with van der Waals surface area (Å²) in [4.78, 5) is 1.22. The van der Waals surface area contributed by atoms with Crippen molar-refractivity contribution < 1.29 is 13.2 Å². The van der Waals surface area contributed by atoms with Crippen LogP contribution in [0.4, 0.5) is 18.9 Å². The van der Waals surface area contributed by atoms with Crippen molar-refractivity contribution in [1.29, 1.82) is 0 Å². The summed E-state index contributed by atoms with van der Waals surface area (Å²) in [6.45, 7) is 2.81.